The molecule has 0 aromatic heterocycles. The smallest absolute Gasteiger partial charge is 0.319 e. The van der Waals surface area contributed by atoms with Crippen molar-refractivity contribution in [2.24, 2.45) is 0 Å². The third kappa shape index (κ3) is 6.47. The lowest BCUT2D eigenvalue weighted by atomic mass is 10.1. The summed E-state index contributed by atoms with van der Waals surface area (Å²) in [6.07, 6.45) is 4.79. The van der Waals surface area contributed by atoms with E-state index in [1.807, 2.05) is 60.7 Å². The highest BCUT2D eigenvalue weighted by Crippen LogP contribution is 2.32. The van der Waals surface area contributed by atoms with E-state index in [1.165, 1.54) is 32.4 Å². The lowest BCUT2D eigenvalue weighted by Gasteiger charge is -2.26. The van der Waals surface area contributed by atoms with Crippen molar-refractivity contribution in [3.63, 3.8) is 0 Å². The number of piperidine rings is 1. The molecular formula is C29H35N3O4. The van der Waals surface area contributed by atoms with Crippen LogP contribution < -0.4 is 20.1 Å². The highest BCUT2D eigenvalue weighted by atomic mass is 16.5. The Morgan fingerprint density at radius 1 is 0.944 bits per heavy atom. The van der Waals surface area contributed by atoms with E-state index in [1.54, 1.807) is 0 Å². The topological polar surface area (TPSA) is 72.1 Å². The fourth-order valence-electron chi connectivity index (χ4n) is 4.82. The van der Waals surface area contributed by atoms with Gasteiger partial charge in [-0.25, -0.2) is 4.79 Å². The molecule has 2 aliphatic heterocycles. The van der Waals surface area contributed by atoms with Crippen LogP contribution in [0.2, 0.25) is 0 Å². The molecular weight excluding hydrogens is 454 g/mol. The second kappa shape index (κ2) is 12.1. The quantitative estimate of drug-likeness (QED) is 0.433. The van der Waals surface area contributed by atoms with Crippen LogP contribution in [-0.4, -0.2) is 56.4 Å². The van der Waals surface area contributed by atoms with Gasteiger partial charge in [0.05, 0.1) is 18.3 Å². The zero-order valence-electron chi connectivity index (χ0n) is 20.7. The van der Waals surface area contributed by atoms with Crippen LogP contribution in [0.25, 0.3) is 10.8 Å². The van der Waals surface area contributed by atoms with Crippen LogP contribution in [0.1, 0.15) is 31.2 Å². The second-order valence-corrected chi connectivity index (χ2v) is 9.50. The van der Waals surface area contributed by atoms with Gasteiger partial charge in [0.15, 0.2) is 0 Å². The van der Waals surface area contributed by atoms with Gasteiger partial charge in [-0.15, -0.1) is 0 Å². The number of urea groups is 1. The molecule has 0 spiro atoms. The first-order valence-electron chi connectivity index (χ1n) is 13.0. The molecule has 7 nitrogen and oxygen atoms in total. The van der Waals surface area contributed by atoms with Crippen LogP contribution >= 0.6 is 0 Å². The molecule has 2 amide bonds. The first kappa shape index (κ1) is 24.4. The van der Waals surface area contributed by atoms with E-state index in [2.05, 4.69) is 15.5 Å². The standard InChI is InChI=1S/C29H35N3O4/c33-29(30-23-14-18-34-21-23)31-27-12-13-28(26-7-3-2-6-25(26)27)36-20-22-8-10-24(11-9-22)35-19-17-32-15-4-1-5-16-32/h2-3,6-13,23H,1,4-5,14-21H2,(H2,30,31,33)/t23-/m0/s1. The predicted octanol–water partition coefficient (Wildman–Crippen LogP) is 5.19. The number of nitrogens with zero attached hydrogens (tertiary/aromatic N) is 1. The molecule has 0 aliphatic carbocycles. The monoisotopic (exact) mass is 489 g/mol. The molecule has 1 atom stereocenters. The van der Waals surface area contributed by atoms with Crippen LogP contribution in [0.4, 0.5) is 10.5 Å². The van der Waals surface area contributed by atoms with E-state index < -0.39 is 0 Å². The Morgan fingerprint density at radius 3 is 2.53 bits per heavy atom. The van der Waals surface area contributed by atoms with Crippen molar-refractivity contribution in [2.75, 3.05) is 44.8 Å². The summed E-state index contributed by atoms with van der Waals surface area (Å²) in [5.74, 6) is 1.67. The molecule has 3 aromatic rings. The number of fused-ring (bicyclic) bond motifs is 1. The molecule has 0 bridgehead atoms. The van der Waals surface area contributed by atoms with Gasteiger partial charge >= 0.3 is 6.03 Å². The van der Waals surface area contributed by atoms with Crippen molar-refractivity contribution in [3.05, 3.63) is 66.2 Å². The van der Waals surface area contributed by atoms with Gasteiger partial charge in [-0.2, -0.15) is 0 Å². The Balaban J connectivity index is 1.16. The Bertz CT molecular complexity index is 1140. The minimum Gasteiger partial charge on any atom is -0.492 e. The van der Waals surface area contributed by atoms with E-state index >= 15 is 0 Å². The van der Waals surface area contributed by atoms with Gasteiger partial charge in [0, 0.05) is 23.9 Å². The summed E-state index contributed by atoms with van der Waals surface area (Å²) in [5, 5.41) is 7.84. The first-order valence-corrected chi connectivity index (χ1v) is 13.0. The maximum absolute atomic E-state index is 12.5. The summed E-state index contributed by atoms with van der Waals surface area (Å²) < 4.78 is 17.5. The molecule has 2 fully saturated rings. The van der Waals surface area contributed by atoms with Crippen molar-refractivity contribution >= 4 is 22.5 Å². The molecule has 190 valence electrons. The molecule has 2 aliphatic rings. The molecule has 7 heteroatoms. The number of likely N-dealkylation sites (tertiary alicyclic amines) is 1. The molecule has 0 saturated carbocycles. The maximum atomic E-state index is 12.5. The molecule has 0 radical (unpaired) electrons. The van der Waals surface area contributed by atoms with Crippen molar-refractivity contribution in [1.82, 2.24) is 10.2 Å². The SMILES string of the molecule is O=C(Nc1ccc(OCc2ccc(OCCN3CCCCC3)cc2)c2ccccc12)N[C@H]1CCOC1. The van der Waals surface area contributed by atoms with Crippen LogP contribution in [-0.2, 0) is 11.3 Å². The molecule has 0 unspecified atom stereocenters. The lowest BCUT2D eigenvalue weighted by molar-refractivity contribution is 0.183. The fourth-order valence-corrected chi connectivity index (χ4v) is 4.82. The zero-order valence-corrected chi connectivity index (χ0v) is 20.7. The molecule has 2 saturated heterocycles. The van der Waals surface area contributed by atoms with Gasteiger partial charge in [0.25, 0.3) is 0 Å². The number of anilines is 1. The number of amides is 2. The molecule has 2 heterocycles. The average molecular weight is 490 g/mol. The predicted molar refractivity (Wildman–Crippen MR) is 142 cm³/mol. The summed E-state index contributed by atoms with van der Waals surface area (Å²) in [5.41, 5.74) is 1.82. The van der Waals surface area contributed by atoms with Gasteiger partial charge < -0.3 is 24.8 Å². The number of carbonyl (C=O) groups is 1. The van der Waals surface area contributed by atoms with Crippen LogP contribution in [0.15, 0.2) is 60.7 Å². The molecule has 3 aromatic carbocycles. The van der Waals surface area contributed by atoms with E-state index in [-0.39, 0.29) is 12.1 Å². The lowest BCUT2D eigenvalue weighted by Crippen LogP contribution is -2.38. The van der Waals surface area contributed by atoms with Crippen LogP contribution in [0.3, 0.4) is 0 Å². The van der Waals surface area contributed by atoms with Gasteiger partial charge in [-0.1, -0.05) is 42.8 Å². The summed E-state index contributed by atoms with van der Waals surface area (Å²) in [6.45, 7) is 5.78. The van der Waals surface area contributed by atoms with E-state index in [9.17, 15) is 4.79 Å². The number of carbonyl (C=O) groups excluding carboxylic acids is 1. The van der Waals surface area contributed by atoms with Crippen LogP contribution in [0.5, 0.6) is 11.5 Å². The normalized spacial score (nSPS) is 18.2. The van der Waals surface area contributed by atoms with Gasteiger partial charge in [0.2, 0.25) is 0 Å². The minimum absolute atomic E-state index is 0.0605. The Labute approximate surface area is 212 Å². The Morgan fingerprint density at radius 2 is 1.75 bits per heavy atom. The third-order valence-corrected chi connectivity index (χ3v) is 6.84. The maximum Gasteiger partial charge on any atom is 0.319 e. The van der Waals surface area contributed by atoms with Crippen molar-refractivity contribution in [3.8, 4) is 11.5 Å². The largest absolute Gasteiger partial charge is 0.492 e. The molecule has 5 rings (SSSR count). The first-order chi connectivity index (χ1) is 17.7. The number of benzene rings is 3. The van der Waals surface area contributed by atoms with Gasteiger partial charge in [0.1, 0.15) is 24.7 Å². The highest BCUT2D eigenvalue weighted by Gasteiger charge is 2.18. The second-order valence-electron chi connectivity index (χ2n) is 9.50. The summed E-state index contributed by atoms with van der Waals surface area (Å²) in [6, 6.07) is 19.7. The van der Waals surface area contributed by atoms with E-state index in [0.29, 0.717) is 26.4 Å². The van der Waals surface area contributed by atoms with Crippen molar-refractivity contribution in [1.29, 1.82) is 0 Å². The Hall–Kier alpha value is -3.29. The van der Waals surface area contributed by atoms with E-state index in [4.69, 9.17) is 14.2 Å². The number of ether oxygens (including phenoxy) is 3. The van der Waals surface area contributed by atoms with Crippen molar-refractivity contribution < 1.29 is 19.0 Å². The summed E-state index contributed by atoms with van der Waals surface area (Å²) >= 11 is 0. The fraction of sp³-hybridized carbons (Fsp3) is 0.414. The number of hydrogen-bond acceptors (Lipinski definition) is 5. The Kier molecular flexibility index (Phi) is 8.20. The molecule has 36 heavy (non-hydrogen) atoms. The highest BCUT2D eigenvalue weighted by molar-refractivity contribution is 6.03. The van der Waals surface area contributed by atoms with Gasteiger partial charge in [-0.3, -0.25) is 4.90 Å². The minimum atomic E-state index is -0.220. The van der Waals surface area contributed by atoms with Crippen LogP contribution in [0, 0.1) is 0 Å². The van der Waals surface area contributed by atoms with Gasteiger partial charge in [-0.05, 0) is 62.2 Å². The third-order valence-electron chi connectivity index (χ3n) is 6.84. The average Bonchev–Trinajstić information content (AvgIpc) is 3.42. The van der Waals surface area contributed by atoms with Crippen molar-refractivity contribution in [2.45, 2.75) is 38.3 Å². The summed E-state index contributed by atoms with van der Waals surface area (Å²) in [7, 11) is 0. The number of hydrogen-bond donors (Lipinski definition) is 2. The molecule has 2 N–H and O–H groups in total. The van der Waals surface area contributed by atoms with E-state index in [0.717, 1.165) is 46.5 Å². The number of nitrogens with one attached hydrogen (secondary N) is 2. The zero-order chi connectivity index (χ0) is 24.6. The number of rotatable bonds is 9. The summed E-state index contributed by atoms with van der Waals surface area (Å²) in [4.78, 5) is 14.9.